The number of aromatic nitrogens is 3. The van der Waals surface area contributed by atoms with Gasteiger partial charge in [0, 0.05) is 24.0 Å². The van der Waals surface area contributed by atoms with Crippen LogP contribution in [-0.4, -0.2) is 26.5 Å². The predicted molar refractivity (Wildman–Crippen MR) is 121 cm³/mol. The van der Waals surface area contributed by atoms with E-state index in [1.807, 2.05) is 6.07 Å². The lowest BCUT2D eigenvalue weighted by atomic mass is 10.1. The van der Waals surface area contributed by atoms with Crippen LogP contribution in [0.5, 0.6) is 0 Å². The molecular formula is C24H18F4N6O. The fourth-order valence-electron chi connectivity index (χ4n) is 3.39. The van der Waals surface area contributed by atoms with Gasteiger partial charge in [0.15, 0.2) is 5.69 Å². The van der Waals surface area contributed by atoms with Crippen molar-refractivity contribution in [2.45, 2.75) is 12.6 Å². The number of nitrogens with two attached hydrogens (primary N) is 1. The Kier molecular flexibility index (Phi) is 6.32. The van der Waals surface area contributed by atoms with Crippen LogP contribution in [0, 0.1) is 11.2 Å². The van der Waals surface area contributed by atoms with Crippen molar-refractivity contribution in [3.05, 3.63) is 107 Å². The lowest BCUT2D eigenvalue weighted by Gasteiger charge is -2.11. The first kappa shape index (κ1) is 23.6. The number of nitrogens with zero attached hydrogens (tertiary/aromatic N) is 3. The van der Waals surface area contributed by atoms with Gasteiger partial charge in [0.2, 0.25) is 0 Å². The molecule has 4 aromatic rings. The van der Waals surface area contributed by atoms with Crippen molar-refractivity contribution < 1.29 is 22.4 Å². The summed E-state index contributed by atoms with van der Waals surface area (Å²) in [6.07, 6.45) is -1.16. The molecule has 4 N–H and O–H groups in total. The number of hydrogen-bond acceptors (Lipinski definition) is 4. The molecule has 0 spiro atoms. The van der Waals surface area contributed by atoms with E-state index in [-0.39, 0.29) is 22.8 Å². The summed E-state index contributed by atoms with van der Waals surface area (Å²) in [7, 11) is 0. The maximum atomic E-state index is 14.5. The highest BCUT2D eigenvalue weighted by molar-refractivity contribution is 6.03. The van der Waals surface area contributed by atoms with Crippen LogP contribution < -0.4 is 11.1 Å². The number of anilines is 1. The molecule has 11 heteroatoms. The lowest BCUT2D eigenvalue weighted by Crippen LogP contribution is -2.18. The van der Waals surface area contributed by atoms with Gasteiger partial charge in [-0.15, -0.1) is 0 Å². The Balaban J connectivity index is 1.69. The molecule has 2 heterocycles. The van der Waals surface area contributed by atoms with E-state index in [1.165, 1.54) is 36.4 Å². The SMILES string of the molecule is N=C(N)c1cccc(-n2nc(C(F)(F)F)cc2C(=O)Nc2cc(Cc3cccnc3)ccc2F)c1. The van der Waals surface area contributed by atoms with Crippen molar-refractivity contribution in [1.29, 1.82) is 5.41 Å². The van der Waals surface area contributed by atoms with Crippen molar-refractivity contribution in [2.75, 3.05) is 5.32 Å². The van der Waals surface area contributed by atoms with Crippen molar-refractivity contribution in [1.82, 2.24) is 14.8 Å². The molecule has 0 fully saturated rings. The monoisotopic (exact) mass is 482 g/mol. The normalized spacial score (nSPS) is 11.3. The Morgan fingerprint density at radius 2 is 1.86 bits per heavy atom. The summed E-state index contributed by atoms with van der Waals surface area (Å²) in [5.74, 6) is -2.07. The number of benzene rings is 2. The fourth-order valence-corrected chi connectivity index (χ4v) is 3.39. The van der Waals surface area contributed by atoms with Crippen LogP contribution in [0.3, 0.4) is 0 Å². The molecular weight excluding hydrogens is 464 g/mol. The summed E-state index contributed by atoms with van der Waals surface area (Å²) in [6.45, 7) is 0. The second-order valence-corrected chi connectivity index (χ2v) is 7.59. The summed E-state index contributed by atoms with van der Waals surface area (Å²) in [6, 6.07) is 13.9. The van der Waals surface area contributed by atoms with Gasteiger partial charge in [-0.1, -0.05) is 24.3 Å². The standard InChI is InChI=1S/C24H18F4N6O/c25-18-7-6-14(9-15-3-2-8-31-13-15)10-19(18)32-23(35)20-12-21(24(26,27)28)33-34(20)17-5-1-4-16(11-17)22(29)30/h1-8,10-13H,9H2,(H3,29,30)(H,32,35). The van der Waals surface area contributed by atoms with Crippen LogP contribution in [0.15, 0.2) is 73.1 Å². The van der Waals surface area contributed by atoms with E-state index >= 15 is 0 Å². The predicted octanol–water partition coefficient (Wildman–Crippen LogP) is 4.55. The van der Waals surface area contributed by atoms with Crippen molar-refractivity contribution in [3.63, 3.8) is 0 Å². The molecule has 0 aliphatic rings. The third kappa shape index (κ3) is 5.35. The highest BCUT2D eigenvalue weighted by Gasteiger charge is 2.36. The van der Waals surface area contributed by atoms with E-state index in [1.54, 1.807) is 18.5 Å². The molecule has 0 bridgehead atoms. The highest BCUT2D eigenvalue weighted by Crippen LogP contribution is 2.30. The smallest absolute Gasteiger partial charge is 0.384 e. The molecule has 178 valence electrons. The summed E-state index contributed by atoms with van der Waals surface area (Å²) < 4.78 is 55.4. The van der Waals surface area contributed by atoms with Gasteiger partial charge in [0.05, 0.1) is 11.4 Å². The molecule has 2 aromatic heterocycles. The molecule has 0 unspecified atom stereocenters. The molecule has 2 aromatic carbocycles. The summed E-state index contributed by atoms with van der Waals surface area (Å²) >= 11 is 0. The number of amidine groups is 1. The molecule has 0 saturated heterocycles. The van der Waals surface area contributed by atoms with E-state index < -0.39 is 29.3 Å². The largest absolute Gasteiger partial charge is 0.435 e. The van der Waals surface area contributed by atoms with Crippen LogP contribution in [0.2, 0.25) is 0 Å². The zero-order valence-corrected chi connectivity index (χ0v) is 18.0. The number of carbonyl (C=O) groups is 1. The van der Waals surface area contributed by atoms with E-state index in [4.69, 9.17) is 11.1 Å². The van der Waals surface area contributed by atoms with Gasteiger partial charge in [-0.2, -0.15) is 18.3 Å². The maximum Gasteiger partial charge on any atom is 0.435 e. The van der Waals surface area contributed by atoms with Crippen LogP contribution in [-0.2, 0) is 12.6 Å². The number of rotatable bonds is 6. The fraction of sp³-hybridized carbons (Fsp3) is 0.0833. The van der Waals surface area contributed by atoms with Crippen molar-refractivity contribution in [3.8, 4) is 5.69 Å². The molecule has 0 aliphatic carbocycles. The van der Waals surface area contributed by atoms with Crippen LogP contribution in [0.25, 0.3) is 5.69 Å². The van der Waals surface area contributed by atoms with Gasteiger partial charge in [0.1, 0.15) is 17.3 Å². The summed E-state index contributed by atoms with van der Waals surface area (Å²) in [5.41, 5.74) is 5.31. The van der Waals surface area contributed by atoms with E-state index in [9.17, 15) is 22.4 Å². The Hall–Kier alpha value is -4.54. The van der Waals surface area contributed by atoms with Gasteiger partial charge >= 0.3 is 6.18 Å². The van der Waals surface area contributed by atoms with Crippen LogP contribution in [0.1, 0.15) is 32.9 Å². The topological polar surface area (TPSA) is 110 Å². The van der Waals surface area contributed by atoms with Crippen LogP contribution >= 0.6 is 0 Å². The molecule has 7 nitrogen and oxygen atoms in total. The number of nitrogens with one attached hydrogen (secondary N) is 2. The number of pyridine rings is 1. The first-order chi connectivity index (χ1) is 16.6. The number of halogens is 4. The molecule has 0 radical (unpaired) electrons. The minimum Gasteiger partial charge on any atom is -0.384 e. The Morgan fingerprint density at radius 1 is 1.06 bits per heavy atom. The average molecular weight is 482 g/mol. The van der Waals surface area contributed by atoms with Gasteiger partial charge in [-0.3, -0.25) is 15.2 Å². The first-order valence-electron chi connectivity index (χ1n) is 10.2. The molecule has 0 aliphatic heterocycles. The summed E-state index contributed by atoms with van der Waals surface area (Å²) in [5, 5.41) is 13.4. The minimum atomic E-state index is -4.83. The Bertz CT molecular complexity index is 1400. The zero-order valence-electron chi connectivity index (χ0n) is 18.0. The molecule has 0 atom stereocenters. The molecule has 35 heavy (non-hydrogen) atoms. The Labute approximate surface area is 196 Å². The highest BCUT2D eigenvalue weighted by atomic mass is 19.4. The van der Waals surface area contributed by atoms with Crippen molar-refractivity contribution in [2.24, 2.45) is 5.73 Å². The lowest BCUT2D eigenvalue weighted by molar-refractivity contribution is -0.141. The van der Waals surface area contributed by atoms with E-state index in [0.717, 1.165) is 16.3 Å². The third-order valence-corrected chi connectivity index (χ3v) is 5.04. The maximum absolute atomic E-state index is 14.5. The van der Waals surface area contributed by atoms with Gasteiger partial charge in [0.25, 0.3) is 5.91 Å². The quantitative estimate of drug-likeness (QED) is 0.213. The molecule has 1 amide bonds. The van der Waals surface area contributed by atoms with Crippen LogP contribution in [0.4, 0.5) is 23.2 Å². The minimum absolute atomic E-state index is 0.0733. The first-order valence-corrected chi connectivity index (χ1v) is 10.2. The third-order valence-electron chi connectivity index (χ3n) is 5.04. The number of amides is 1. The van der Waals surface area contributed by atoms with Gasteiger partial charge < -0.3 is 11.1 Å². The van der Waals surface area contributed by atoms with E-state index in [2.05, 4.69) is 15.4 Å². The second kappa shape index (κ2) is 9.37. The number of carbonyl (C=O) groups excluding carboxylic acids is 1. The molecule has 0 saturated carbocycles. The van der Waals surface area contributed by atoms with Gasteiger partial charge in [-0.05, 0) is 47.9 Å². The molecule has 4 rings (SSSR count). The van der Waals surface area contributed by atoms with Crippen molar-refractivity contribution >= 4 is 17.4 Å². The second-order valence-electron chi connectivity index (χ2n) is 7.59. The average Bonchev–Trinajstić information content (AvgIpc) is 3.28. The van der Waals surface area contributed by atoms with E-state index in [0.29, 0.717) is 18.1 Å². The Morgan fingerprint density at radius 3 is 2.54 bits per heavy atom. The number of nitrogen functional groups attached to an aromatic ring is 1. The zero-order chi connectivity index (χ0) is 25.2. The number of hydrogen-bond donors (Lipinski definition) is 3. The number of alkyl halides is 3. The summed E-state index contributed by atoms with van der Waals surface area (Å²) in [4.78, 5) is 17.0. The van der Waals surface area contributed by atoms with Gasteiger partial charge in [-0.25, -0.2) is 9.07 Å².